The number of ether oxygens (including phenoxy) is 3. The quantitative estimate of drug-likeness (QED) is 0.615. The Morgan fingerprint density at radius 1 is 0.967 bits per heavy atom. The molecule has 0 bridgehead atoms. The van der Waals surface area contributed by atoms with Crippen LogP contribution in [-0.2, 0) is 4.79 Å². The summed E-state index contributed by atoms with van der Waals surface area (Å²) in [4.78, 5) is 15.1. The molecule has 0 spiro atoms. The molecule has 1 N–H and O–H groups in total. The molecule has 1 saturated heterocycles. The lowest BCUT2D eigenvalue weighted by atomic mass is 10.0. The SMILES string of the molecule is CCOc1ccc(C2CCCN2CC(=O)Nc2cc(OCC)ccc2OCC)cc1. The zero-order valence-electron chi connectivity index (χ0n) is 18.1. The van der Waals surface area contributed by atoms with Crippen molar-refractivity contribution in [1.29, 1.82) is 0 Å². The van der Waals surface area contributed by atoms with Gasteiger partial charge in [-0.15, -0.1) is 0 Å². The lowest BCUT2D eigenvalue weighted by molar-refractivity contribution is -0.117. The molecular weight excluding hydrogens is 380 g/mol. The maximum absolute atomic E-state index is 12.8. The van der Waals surface area contributed by atoms with Crippen LogP contribution >= 0.6 is 0 Å². The monoisotopic (exact) mass is 412 g/mol. The Kier molecular flexibility index (Phi) is 7.97. The van der Waals surface area contributed by atoms with E-state index in [2.05, 4.69) is 22.3 Å². The maximum Gasteiger partial charge on any atom is 0.238 e. The zero-order chi connectivity index (χ0) is 21.3. The summed E-state index contributed by atoms with van der Waals surface area (Å²) in [6, 6.07) is 14.0. The first-order chi connectivity index (χ1) is 14.6. The number of carbonyl (C=O) groups excluding carboxylic acids is 1. The van der Waals surface area contributed by atoms with Crippen LogP contribution in [0.2, 0.25) is 0 Å². The number of hydrogen-bond acceptors (Lipinski definition) is 5. The Hall–Kier alpha value is -2.73. The molecule has 0 aromatic heterocycles. The van der Waals surface area contributed by atoms with Gasteiger partial charge in [0.05, 0.1) is 32.1 Å². The van der Waals surface area contributed by atoms with Gasteiger partial charge in [-0.25, -0.2) is 0 Å². The van der Waals surface area contributed by atoms with Crippen LogP contribution < -0.4 is 19.5 Å². The van der Waals surface area contributed by atoms with Crippen molar-refractivity contribution in [2.24, 2.45) is 0 Å². The number of carbonyl (C=O) groups is 1. The summed E-state index contributed by atoms with van der Waals surface area (Å²) in [5.41, 5.74) is 1.86. The first-order valence-electron chi connectivity index (χ1n) is 10.8. The lowest BCUT2D eigenvalue weighted by Gasteiger charge is -2.24. The van der Waals surface area contributed by atoms with E-state index in [0.29, 0.717) is 43.6 Å². The molecule has 2 aromatic carbocycles. The second-order valence-corrected chi connectivity index (χ2v) is 7.20. The van der Waals surface area contributed by atoms with Gasteiger partial charge in [-0.05, 0) is 70.0 Å². The average Bonchev–Trinajstić information content (AvgIpc) is 3.19. The molecule has 162 valence electrons. The van der Waals surface area contributed by atoms with Gasteiger partial charge in [0.25, 0.3) is 0 Å². The smallest absolute Gasteiger partial charge is 0.238 e. The molecule has 6 nitrogen and oxygen atoms in total. The van der Waals surface area contributed by atoms with Crippen LogP contribution in [0.15, 0.2) is 42.5 Å². The molecule has 0 aliphatic carbocycles. The van der Waals surface area contributed by atoms with Gasteiger partial charge in [-0.1, -0.05) is 12.1 Å². The zero-order valence-corrected chi connectivity index (χ0v) is 18.1. The fourth-order valence-electron chi connectivity index (χ4n) is 3.86. The van der Waals surface area contributed by atoms with Gasteiger partial charge in [0.15, 0.2) is 0 Å². The fourth-order valence-corrected chi connectivity index (χ4v) is 3.86. The summed E-state index contributed by atoms with van der Waals surface area (Å²) in [7, 11) is 0. The molecule has 0 saturated carbocycles. The minimum absolute atomic E-state index is 0.0533. The van der Waals surface area contributed by atoms with Gasteiger partial charge in [-0.3, -0.25) is 9.69 Å². The summed E-state index contributed by atoms with van der Waals surface area (Å²) in [5.74, 6) is 2.19. The van der Waals surface area contributed by atoms with Crippen LogP contribution in [0.1, 0.15) is 45.2 Å². The maximum atomic E-state index is 12.8. The number of hydrogen-bond donors (Lipinski definition) is 1. The topological polar surface area (TPSA) is 60.0 Å². The summed E-state index contributed by atoms with van der Waals surface area (Å²) in [6.07, 6.45) is 2.13. The van der Waals surface area contributed by atoms with Crippen LogP contribution in [0.3, 0.4) is 0 Å². The number of rotatable bonds is 10. The second-order valence-electron chi connectivity index (χ2n) is 7.20. The van der Waals surface area contributed by atoms with Crippen molar-refractivity contribution >= 4 is 11.6 Å². The molecule has 1 aliphatic heterocycles. The first kappa shape index (κ1) is 22.0. The number of anilines is 1. The van der Waals surface area contributed by atoms with Crippen molar-refractivity contribution in [3.8, 4) is 17.2 Å². The van der Waals surface area contributed by atoms with Crippen LogP contribution in [-0.4, -0.2) is 43.7 Å². The predicted octanol–water partition coefficient (Wildman–Crippen LogP) is 4.66. The molecule has 1 amide bonds. The van der Waals surface area contributed by atoms with Gasteiger partial charge >= 0.3 is 0 Å². The van der Waals surface area contributed by atoms with Crippen LogP contribution in [0.4, 0.5) is 5.69 Å². The minimum atomic E-state index is -0.0533. The molecule has 1 aliphatic rings. The van der Waals surface area contributed by atoms with Crippen molar-refractivity contribution in [1.82, 2.24) is 4.90 Å². The molecule has 1 fully saturated rings. The minimum Gasteiger partial charge on any atom is -0.494 e. The number of amides is 1. The van der Waals surface area contributed by atoms with Gasteiger partial charge in [-0.2, -0.15) is 0 Å². The van der Waals surface area contributed by atoms with E-state index in [1.165, 1.54) is 5.56 Å². The molecule has 2 aromatic rings. The van der Waals surface area contributed by atoms with Crippen LogP contribution in [0.25, 0.3) is 0 Å². The van der Waals surface area contributed by atoms with E-state index in [9.17, 15) is 4.79 Å². The Morgan fingerprint density at radius 3 is 2.33 bits per heavy atom. The summed E-state index contributed by atoms with van der Waals surface area (Å²) in [5, 5.41) is 3.01. The van der Waals surface area contributed by atoms with E-state index in [0.717, 1.165) is 25.1 Å². The lowest BCUT2D eigenvalue weighted by Crippen LogP contribution is -2.33. The highest BCUT2D eigenvalue weighted by Gasteiger charge is 2.27. The van der Waals surface area contributed by atoms with Crippen molar-refractivity contribution < 1.29 is 19.0 Å². The summed E-state index contributed by atoms with van der Waals surface area (Å²) >= 11 is 0. The standard InChI is InChI=1S/C24H32N2O4/c1-4-28-19-11-9-18(10-12-19)22-8-7-15-26(22)17-24(27)25-21-16-20(29-5-2)13-14-23(21)30-6-3/h9-14,16,22H,4-8,15,17H2,1-3H3,(H,25,27). The van der Waals surface area contributed by atoms with Crippen LogP contribution in [0.5, 0.6) is 17.2 Å². The van der Waals surface area contributed by atoms with Crippen molar-refractivity contribution in [2.75, 3.05) is 38.2 Å². The molecule has 30 heavy (non-hydrogen) atoms. The highest BCUT2D eigenvalue weighted by Crippen LogP contribution is 2.33. The molecule has 1 atom stereocenters. The van der Waals surface area contributed by atoms with Gasteiger partial charge in [0.1, 0.15) is 17.2 Å². The van der Waals surface area contributed by atoms with E-state index in [-0.39, 0.29) is 11.9 Å². The van der Waals surface area contributed by atoms with Crippen molar-refractivity contribution in [3.05, 3.63) is 48.0 Å². The largest absolute Gasteiger partial charge is 0.494 e. The highest BCUT2D eigenvalue weighted by molar-refractivity contribution is 5.94. The van der Waals surface area contributed by atoms with Gasteiger partial charge < -0.3 is 19.5 Å². The van der Waals surface area contributed by atoms with Crippen molar-refractivity contribution in [2.45, 2.75) is 39.7 Å². The van der Waals surface area contributed by atoms with Crippen LogP contribution in [0, 0.1) is 0 Å². The molecule has 0 radical (unpaired) electrons. The van der Waals surface area contributed by atoms with E-state index in [1.807, 2.05) is 51.1 Å². The third-order valence-electron chi connectivity index (χ3n) is 5.12. The normalized spacial score (nSPS) is 16.3. The third-order valence-corrected chi connectivity index (χ3v) is 5.12. The van der Waals surface area contributed by atoms with E-state index in [4.69, 9.17) is 14.2 Å². The third kappa shape index (κ3) is 5.66. The number of nitrogens with zero attached hydrogens (tertiary/aromatic N) is 1. The Morgan fingerprint density at radius 2 is 1.63 bits per heavy atom. The predicted molar refractivity (Wildman–Crippen MR) is 119 cm³/mol. The Labute approximate surface area is 179 Å². The highest BCUT2D eigenvalue weighted by atomic mass is 16.5. The Balaban J connectivity index is 1.67. The number of nitrogens with one attached hydrogen (secondary N) is 1. The molecular formula is C24H32N2O4. The number of likely N-dealkylation sites (tertiary alicyclic amines) is 1. The molecule has 3 rings (SSSR count). The molecule has 1 heterocycles. The summed E-state index contributed by atoms with van der Waals surface area (Å²) in [6.45, 7) is 8.83. The van der Waals surface area contributed by atoms with E-state index >= 15 is 0 Å². The van der Waals surface area contributed by atoms with Gasteiger partial charge in [0.2, 0.25) is 5.91 Å². The number of benzene rings is 2. The van der Waals surface area contributed by atoms with Crippen molar-refractivity contribution in [3.63, 3.8) is 0 Å². The molecule has 1 unspecified atom stereocenters. The van der Waals surface area contributed by atoms with E-state index < -0.39 is 0 Å². The first-order valence-corrected chi connectivity index (χ1v) is 10.8. The molecule has 6 heteroatoms. The average molecular weight is 413 g/mol. The summed E-state index contributed by atoms with van der Waals surface area (Å²) < 4.78 is 16.8. The van der Waals surface area contributed by atoms with Gasteiger partial charge in [0, 0.05) is 12.1 Å². The fraction of sp³-hybridized carbons (Fsp3) is 0.458. The Bertz CT molecular complexity index is 822. The van der Waals surface area contributed by atoms with E-state index in [1.54, 1.807) is 0 Å². The second kappa shape index (κ2) is 10.9.